The van der Waals surface area contributed by atoms with E-state index in [1.165, 1.54) is 0 Å². The molecule has 2 aliphatic rings. The smallest absolute Gasteiger partial charge is 0.228 e. The van der Waals surface area contributed by atoms with Crippen LogP contribution >= 0.6 is 40.2 Å². The molecular weight excluding hydrogens is 582 g/mol. The summed E-state index contributed by atoms with van der Waals surface area (Å²) in [4.78, 5) is 27.6. The second kappa shape index (κ2) is 9.28. The van der Waals surface area contributed by atoms with Gasteiger partial charge in [-0.15, -0.1) is 11.8 Å². The largest absolute Gasteiger partial charge is 0.469 e. The monoisotopic (exact) mass is 608 g/mol. The van der Waals surface area contributed by atoms with E-state index in [1.54, 1.807) is 11.8 Å². The van der Waals surface area contributed by atoms with Gasteiger partial charge in [0.05, 0.1) is 24.3 Å². The number of ether oxygens (including phenoxy) is 1. The number of aryl methyl sites for hydroxylation is 1. The molecule has 0 spiro atoms. The number of amides is 1. The topological polar surface area (TPSA) is 93.4 Å². The van der Waals surface area contributed by atoms with E-state index < -0.39 is 0 Å². The van der Waals surface area contributed by atoms with E-state index in [0.29, 0.717) is 24.6 Å². The Labute approximate surface area is 217 Å². The molecule has 1 saturated carbocycles. The highest BCUT2D eigenvalue weighted by atomic mass is 127. The number of anilines is 3. The van der Waals surface area contributed by atoms with Crippen molar-refractivity contribution in [2.75, 3.05) is 23.4 Å². The molecule has 0 bridgehead atoms. The summed E-state index contributed by atoms with van der Waals surface area (Å²) in [5.74, 6) is 2.25. The first kappa shape index (κ1) is 23.8. The fourth-order valence-corrected chi connectivity index (χ4v) is 6.53. The van der Waals surface area contributed by atoms with Gasteiger partial charge in [-0.25, -0.2) is 15.0 Å². The Bertz CT molecular complexity index is 1320. The molecule has 11 heteroatoms. The zero-order chi connectivity index (χ0) is 24.0. The molecule has 1 amide bonds. The van der Waals surface area contributed by atoms with Crippen molar-refractivity contribution in [1.29, 1.82) is 0 Å². The Kier molecular flexibility index (Phi) is 6.50. The molecule has 3 heterocycles. The van der Waals surface area contributed by atoms with Crippen LogP contribution in [0.4, 0.5) is 17.2 Å². The summed E-state index contributed by atoms with van der Waals surface area (Å²) in [6, 6.07) is 8.03. The zero-order valence-corrected chi connectivity index (χ0v) is 23.4. The molecule has 0 radical (unpaired) electrons. The summed E-state index contributed by atoms with van der Waals surface area (Å²) in [6.07, 6.45) is 4.39. The average Bonchev–Trinajstić information content (AvgIpc) is 3.52. The first-order valence-electron chi connectivity index (χ1n) is 11.0. The number of carbonyl (C=O) groups is 1. The quantitative estimate of drug-likeness (QED) is 0.197. The Morgan fingerprint density at radius 3 is 2.71 bits per heavy atom. The molecule has 8 nitrogen and oxygen atoms in total. The minimum Gasteiger partial charge on any atom is -0.469 e. The Morgan fingerprint density at radius 2 is 2.06 bits per heavy atom. The molecule has 2 aromatic heterocycles. The van der Waals surface area contributed by atoms with Crippen molar-refractivity contribution in [1.82, 2.24) is 14.3 Å². The predicted octanol–water partition coefficient (Wildman–Crippen LogP) is 5.90. The molecule has 1 atom stereocenters. The van der Waals surface area contributed by atoms with Crippen LogP contribution in [0, 0.1) is 12.8 Å². The van der Waals surface area contributed by atoms with Crippen molar-refractivity contribution < 1.29 is 9.53 Å². The highest BCUT2D eigenvalue weighted by Gasteiger charge is 2.30. The van der Waals surface area contributed by atoms with E-state index in [1.807, 2.05) is 45.2 Å². The Balaban J connectivity index is 1.51. The summed E-state index contributed by atoms with van der Waals surface area (Å²) in [5, 5.41) is 6.55. The number of fused-ring (bicyclic) bond motifs is 1. The van der Waals surface area contributed by atoms with Crippen molar-refractivity contribution >= 4 is 80.3 Å². The number of nitrogens with zero attached hydrogens (tertiary/aromatic N) is 4. The van der Waals surface area contributed by atoms with Gasteiger partial charge < -0.3 is 15.4 Å². The van der Waals surface area contributed by atoms with E-state index in [2.05, 4.69) is 48.1 Å². The number of hydrogen-bond donors (Lipinski definition) is 2. The fraction of sp³-hybridized carbons (Fsp3) is 0.391. The van der Waals surface area contributed by atoms with Gasteiger partial charge in [-0.05, 0) is 80.1 Å². The number of aliphatic imine (C=N–C) groups is 1. The van der Waals surface area contributed by atoms with Crippen LogP contribution in [0.2, 0.25) is 0 Å². The van der Waals surface area contributed by atoms with Gasteiger partial charge in [0.15, 0.2) is 5.65 Å². The number of benzene rings is 1. The Hall–Kier alpha value is -1.91. The summed E-state index contributed by atoms with van der Waals surface area (Å²) in [6.45, 7) is 6.72. The number of thioether (sulfide) groups is 1. The molecule has 1 aromatic carbocycles. The highest BCUT2D eigenvalue weighted by molar-refractivity contribution is 14.2. The van der Waals surface area contributed by atoms with Crippen LogP contribution in [0.5, 0.6) is 0 Å². The standard InChI is InChI=1S/C23H26IN6O2PS/c1-12-26-19-16(10-18(28-20(19)30(12)33-24)29-21(31)13-5-6-13)27-15-8-7-14(9-17(15)34-4)22-25-11-23(2,3)32-22/h7-10,13,33H,5-6,11H2,1-4H3,(H2,27,28,29,31). The first-order valence-corrected chi connectivity index (χ1v) is 16.3. The van der Waals surface area contributed by atoms with Crippen LogP contribution < -0.4 is 10.6 Å². The number of pyridine rings is 1. The van der Waals surface area contributed by atoms with Crippen LogP contribution in [-0.2, 0) is 9.53 Å². The zero-order valence-electron chi connectivity index (χ0n) is 19.4. The maximum Gasteiger partial charge on any atom is 0.228 e. The lowest BCUT2D eigenvalue weighted by Crippen LogP contribution is -2.24. The summed E-state index contributed by atoms with van der Waals surface area (Å²) in [7, 11) is 0. The van der Waals surface area contributed by atoms with Gasteiger partial charge in [-0.3, -0.25) is 9.13 Å². The molecule has 1 fully saturated rings. The van der Waals surface area contributed by atoms with Crippen LogP contribution in [-0.4, -0.2) is 44.5 Å². The third-order valence-corrected chi connectivity index (χ3v) is 8.69. The molecule has 34 heavy (non-hydrogen) atoms. The van der Waals surface area contributed by atoms with Gasteiger partial charge in [0.25, 0.3) is 0 Å². The second-order valence-corrected chi connectivity index (χ2v) is 12.0. The third kappa shape index (κ3) is 4.77. The molecule has 178 valence electrons. The van der Waals surface area contributed by atoms with Gasteiger partial charge in [0, 0.05) is 22.4 Å². The van der Waals surface area contributed by atoms with Gasteiger partial charge >= 0.3 is 0 Å². The number of carbonyl (C=O) groups excluding carboxylic acids is 1. The van der Waals surface area contributed by atoms with Gasteiger partial charge in [-0.1, -0.05) is 0 Å². The van der Waals surface area contributed by atoms with Gasteiger partial charge in [0.1, 0.15) is 22.8 Å². The summed E-state index contributed by atoms with van der Waals surface area (Å²) < 4.78 is 8.09. The minimum atomic E-state index is -0.272. The van der Waals surface area contributed by atoms with E-state index >= 15 is 0 Å². The minimum absolute atomic E-state index is 0.0342. The van der Waals surface area contributed by atoms with Crippen LogP contribution in [0.3, 0.4) is 0 Å². The number of hydrogen-bond acceptors (Lipinski definition) is 7. The van der Waals surface area contributed by atoms with Crippen molar-refractivity contribution in [3.8, 4) is 0 Å². The average molecular weight is 608 g/mol. The van der Waals surface area contributed by atoms with Crippen LogP contribution in [0.25, 0.3) is 11.2 Å². The Morgan fingerprint density at radius 1 is 1.26 bits per heavy atom. The van der Waals surface area contributed by atoms with Crippen LogP contribution in [0.1, 0.15) is 38.1 Å². The molecule has 0 saturated heterocycles. The third-order valence-electron chi connectivity index (χ3n) is 5.76. The summed E-state index contributed by atoms with van der Waals surface area (Å²) in [5.41, 5.74) is 4.00. The lowest BCUT2D eigenvalue weighted by atomic mass is 10.1. The van der Waals surface area contributed by atoms with Crippen molar-refractivity contribution in [2.45, 2.75) is 44.1 Å². The maximum atomic E-state index is 12.4. The SMILES string of the molecule is CSc1cc(C2=NCC(C)(C)O2)ccc1Nc1cc(NC(=O)C2CC2)nc2c1nc(C)n2PI. The number of aromatic nitrogens is 3. The van der Waals surface area contributed by atoms with Crippen molar-refractivity contribution in [3.05, 3.63) is 35.7 Å². The molecule has 1 aliphatic carbocycles. The van der Waals surface area contributed by atoms with Crippen molar-refractivity contribution in [2.24, 2.45) is 10.9 Å². The lowest BCUT2D eigenvalue weighted by Gasteiger charge is -2.18. The first-order chi connectivity index (χ1) is 16.3. The van der Waals surface area contributed by atoms with Gasteiger partial charge in [-0.2, -0.15) is 0 Å². The van der Waals surface area contributed by atoms with Crippen LogP contribution in [0.15, 0.2) is 34.2 Å². The van der Waals surface area contributed by atoms with Gasteiger partial charge in [0.2, 0.25) is 11.8 Å². The molecular formula is C23H26IN6O2PS. The second-order valence-electron chi connectivity index (χ2n) is 9.09. The predicted molar refractivity (Wildman–Crippen MR) is 149 cm³/mol. The van der Waals surface area contributed by atoms with E-state index in [0.717, 1.165) is 51.7 Å². The highest BCUT2D eigenvalue weighted by Crippen LogP contribution is 2.38. The molecule has 5 rings (SSSR count). The fourth-order valence-electron chi connectivity index (χ4n) is 3.80. The number of imidazole rings is 1. The lowest BCUT2D eigenvalue weighted by molar-refractivity contribution is -0.117. The van der Waals surface area contributed by atoms with E-state index in [4.69, 9.17) is 14.7 Å². The molecule has 2 N–H and O–H groups in total. The van der Waals surface area contributed by atoms with Crippen molar-refractivity contribution in [3.63, 3.8) is 0 Å². The van der Waals surface area contributed by atoms with E-state index in [-0.39, 0.29) is 17.4 Å². The maximum absolute atomic E-state index is 12.4. The number of halogens is 1. The normalized spacial score (nSPS) is 17.3. The summed E-state index contributed by atoms with van der Waals surface area (Å²) >= 11 is 3.98. The molecule has 1 aliphatic heterocycles. The van der Waals surface area contributed by atoms with E-state index in [9.17, 15) is 4.79 Å². The molecule has 1 unspecified atom stereocenters. The number of rotatable bonds is 7. The number of nitrogens with one attached hydrogen (secondary N) is 2. The molecule has 3 aromatic rings.